The van der Waals surface area contributed by atoms with Crippen molar-refractivity contribution in [2.75, 3.05) is 0 Å². The molecule has 0 radical (unpaired) electrons. The summed E-state index contributed by atoms with van der Waals surface area (Å²) in [7, 11) is 0. The van der Waals surface area contributed by atoms with Crippen molar-refractivity contribution in [2.24, 2.45) is 0 Å². The number of ether oxygens (including phenoxy) is 2. The highest BCUT2D eigenvalue weighted by Crippen LogP contribution is 2.25. The Morgan fingerprint density at radius 1 is 1.04 bits per heavy atom. The molecule has 4 nitrogen and oxygen atoms in total. The van der Waals surface area contributed by atoms with E-state index in [-0.39, 0.29) is 0 Å². The fourth-order valence-electron chi connectivity index (χ4n) is 2.01. The van der Waals surface area contributed by atoms with Crippen LogP contribution in [0.25, 0.3) is 0 Å². The maximum atomic E-state index is 11.2. The van der Waals surface area contributed by atoms with Crippen molar-refractivity contribution in [3.8, 4) is 17.2 Å². The van der Waals surface area contributed by atoms with Crippen LogP contribution in [0, 0.1) is 0 Å². The van der Waals surface area contributed by atoms with Crippen molar-refractivity contribution >= 4 is 17.6 Å². The second kappa shape index (κ2) is 8.44. The number of rotatable bonds is 8. The Balaban J connectivity index is 1.98. The number of carboxylic acid groups (broad SMARTS) is 1. The molecule has 0 saturated carbocycles. The van der Waals surface area contributed by atoms with Crippen LogP contribution < -0.4 is 9.47 Å². The van der Waals surface area contributed by atoms with Crippen LogP contribution in [0.15, 0.2) is 48.5 Å². The summed E-state index contributed by atoms with van der Waals surface area (Å²) in [4.78, 5) is 11.2. The summed E-state index contributed by atoms with van der Waals surface area (Å²) in [6, 6.07) is 13.9. The van der Waals surface area contributed by atoms with Gasteiger partial charge >= 0.3 is 5.97 Å². The maximum Gasteiger partial charge on any atom is 0.344 e. The normalized spacial score (nSPS) is 11.7. The maximum absolute atomic E-state index is 11.2. The molecule has 0 aliphatic rings. The van der Waals surface area contributed by atoms with Gasteiger partial charge in [0.2, 0.25) is 0 Å². The van der Waals surface area contributed by atoms with Crippen molar-refractivity contribution in [3.63, 3.8) is 0 Å². The van der Waals surface area contributed by atoms with Crippen LogP contribution in [0.4, 0.5) is 0 Å². The Hall–Kier alpha value is -2.20. The van der Waals surface area contributed by atoms with E-state index in [1.807, 2.05) is 6.92 Å². The Kier molecular flexibility index (Phi) is 6.29. The van der Waals surface area contributed by atoms with Gasteiger partial charge in [0.1, 0.15) is 17.2 Å². The lowest BCUT2D eigenvalue weighted by Crippen LogP contribution is -2.26. The van der Waals surface area contributed by atoms with Gasteiger partial charge in [-0.3, -0.25) is 0 Å². The lowest BCUT2D eigenvalue weighted by atomic mass is 10.1. The third kappa shape index (κ3) is 5.49. The zero-order chi connectivity index (χ0) is 16.7. The predicted molar refractivity (Wildman–Crippen MR) is 89.5 cm³/mol. The number of aliphatic carboxylic acids is 1. The molecule has 2 rings (SSSR count). The quantitative estimate of drug-likeness (QED) is 0.725. The molecule has 0 aliphatic carbocycles. The van der Waals surface area contributed by atoms with Crippen molar-refractivity contribution in [1.82, 2.24) is 0 Å². The van der Waals surface area contributed by atoms with E-state index in [9.17, 15) is 9.90 Å². The lowest BCUT2D eigenvalue weighted by Gasteiger charge is -2.15. The second-order valence-corrected chi connectivity index (χ2v) is 5.55. The lowest BCUT2D eigenvalue weighted by molar-refractivity contribution is -0.145. The number of unbranched alkanes of at least 4 members (excludes halogenated alkanes) is 1. The van der Waals surface area contributed by atoms with E-state index in [4.69, 9.17) is 21.1 Å². The second-order valence-electron chi connectivity index (χ2n) is 5.11. The minimum atomic E-state index is -0.944. The smallest absolute Gasteiger partial charge is 0.344 e. The van der Waals surface area contributed by atoms with Crippen LogP contribution in [-0.2, 0) is 4.79 Å². The van der Waals surface area contributed by atoms with Crippen LogP contribution >= 0.6 is 11.6 Å². The van der Waals surface area contributed by atoms with Crippen LogP contribution in [-0.4, -0.2) is 17.2 Å². The highest BCUT2D eigenvalue weighted by Gasteiger charge is 2.18. The molecule has 0 amide bonds. The molecule has 122 valence electrons. The number of carboxylic acids is 1. The first kappa shape index (κ1) is 17.2. The van der Waals surface area contributed by atoms with E-state index in [0.29, 0.717) is 28.7 Å². The van der Waals surface area contributed by atoms with Gasteiger partial charge in [0.25, 0.3) is 0 Å². The van der Waals surface area contributed by atoms with Gasteiger partial charge in [0.05, 0.1) is 0 Å². The van der Waals surface area contributed by atoms with Crippen LogP contribution in [0.1, 0.15) is 26.2 Å². The average Bonchev–Trinajstić information content (AvgIpc) is 2.55. The molecule has 0 heterocycles. The summed E-state index contributed by atoms with van der Waals surface area (Å²) < 4.78 is 11.2. The largest absolute Gasteiger partial charge is 0.479 e. The van der Waals surface area contributed by atoms with Gasteiger partial charge < -0.3 is 14.6 Å². The van der Waals surface area contributed by atoms with Gasteiger partial charge in [-0.25, -0.2) is 4.79 Å². The molecule has 2 aromatic rings. The average molecular weight is 335 g/mol. The van der Waals surface area contributed by atoms with Crippen LogP contribution in [0.3, 0.4) is 0 Å². The molecule has 0 spiro atoms. The number of hydrogen-bond donors (Lipinski definition) is 1. The van der Waals surface area contributed by atoms with Gasteiger partial charge in [0.15, 0.2) is 6.10 Å². The Bertz CT molecular complexity index is 622. The highest BCUT2D eigenvalue weighted by molar-refractivity contribution is 6.30. The molecule has 1 N–H and O–H groups in total. The standard InChI is InChI=1S/C18H19ClO4/c1-2-3-4-17(18(20)21)23-16-11-9-15(10-12-16)22-14-7-5-13(19)6-8-14/h5-12,17H,2-4H2,1H3,(H,20,21). The summed E-state index contributed by atoms with van der Waals surface area (Å²) in [6.07, 6.45) is 1.42. The number of benzene rings is 2. The molecule has 0 saturated heterocycles. The fourth-order valence-corrected chi connectivity index (χ4v) is 2.14. The van der Waals surface area contributed by atoms with E-state index >= 15 is 0 Å². The third-order valence-electron chi connectivity index (χ3n) is 3.25. The Labute approximate surface area is 140 Å². The van der Waals surface area contributed by atoms with Crippen molar-refractivity contribution in [3.05, 3.63) is 53.6 Å². The van der Waals surface area contributed by atoms with Crippen LogP contribution in [0.2, 0.25) is 5.02 Å². The van der Waals surface area contributed by atoms with Gasteiger partial charge in [-0.1, -0.05) is 24.9 Å². The number of carbonyl (C=O) groups is 1. The monoisotopic (exact) mass is 334 g/mol. The molecular formula is C18H19ClO4. The van der Waals surface area contributed by atoms with E-state index in [2.05, 4.69) is 0 Å². The zero-order valence-corrected chi connectivity index (χ0v) is 13.6. The third-order valence-corrected chi connectivity index (χ3v) is 3.50. The first-order chi connectivity index (χ1) is 11.1. The van der Waals surface area contributed by atoms with Crippen molar-refractivity contribution in [1.29, 1.82) is 0 Å². The van der Waals surface area contributed by atoms with Crippen molar-refractivity contribution in [2.45, 2.75) is 32.3 Å². The first-order valence-corrected chi connectivity index (χ1v) is 7.89. The highest BCUT2D eigenvalue weighted by atomic mass is 35.5. The van der Waals surface area contributed by atoms with Gasteiger partial charge in [-0.2, -0.15) is 0 Å². The number of hydrogen-bond acceptors (Lipinski definition) is 3. The predicted octanol–water partition coefficient (Wildman–Crippen LogP) is 5.15. The molecule has 5 heteroatoms. The molecule has 23 heavy (non-hydrogen) atoms. The van der Waals surface area contributed by atoms with Gasteiger partial charge in [-0.15, -0.1) is 0 Å². The molecule has 0 fully saturated rings. The summed E-state index contributed by atoms with van der Waals surface area (Å²) in [5.74, 6) is 0.881. The Morgan fingerprint density at radius 2 is 1.57 bits per heavy atom. The summed E-state index contributed by atoms with van der Waals surface area (Å²) >= 11 is 5.83. The minimum Gasteiger partial charge on any atom is -0.479 e. The van der Waals surface area contributed by atoms with Crippen molar-refractivity contribution < 1.29 is 19.4 Å². The number of halogens is 1. The molecular weight excluding hydrogens is 316 g/mol. The van der Waals surface area contributed by atoms with Gasteiger partial charge in [0, 0.05) is 5.02 Å². The minimum absolute atomic E-state index is 0.495. The SMILES string of the molecule is CCCCC(Oc1ccc(Oc2ccc(Cl)cc2)cc1)C(=O)O. The zero-order valence-electron chi connectivity index (χ0n) is 12.9. The molecule has 1 atom stereocenters. The van der Waals surface area contributed by atoms with E-state index in [0.717, 1.165) is 12.8 Å². The summed E-state index contributed by atoms with van der Waals surface area (Å²) in [6.45, 7) is 2.02. The topological polar surface area (TPSA) is 55.8 Å². The fraction of sp³-hybridized carbons (Fsp3) is 0.278. The molecule has 1 unspecified atom stereocenters. The molecule has 0 aromatic heterocycles. The summed E-state index contributed by atoms with van der Waals surface area (Å²) in [5, 5.41) is 9.82. The first-order valence-electron chi connectivity index (χ1n) is 7.51. The van der Waals surface area contributed by atoms with Gasteiger partial charge in [-0.05, 0) is 61.4 Å². The molecule has 0 bridgehead atoms. The summed E-state index contributed by atoms with van der Waals surface area (Å²) in [5.41, 5.74) is 0. The van der Waals surface area contributed by atoms with E-state index in [1.165, 1.54) is 0 Å². The Morgan fingerprint density at radius 3 is 2.09 bits per heavy atom. The van der Waals surface area contributed by atoms with E-state index < -0.39 is 12.1 Å². The van der Waals surface area contributed by atoms with Crippen LogP contribution in [0.5, 0.6) is 17.2 Å². The van der Waals surface area contributed by atoms with E-state index in [1.54, 1.807) is 48.5 Å². The molecule has 2 aromatic carbocycles. The molecule has 0 aliphatic heterocycles.